The number of nitro groups is 1. The van der Waals surface area contributed by atoms with Crippen LogP contribution in [0.2, 0.25) is 0 Å². The van der Waals surface area contributed by atoms with Gasteiger partial charge in [0.2, 0.25) is 11.7 Å². The van der Waals surface area contributed by atoms with E-state index in [1.54, 1.807) is 11.6 Å². The minimum Gasteiger partial charge on any atom is -0.358 e. The monoisotopic (exact) mass is 337 g/mol. The molecule has 1 saturated heterocycles. The SMILES string of the molecule is CC(C)C(=O)N[C@@H]1CCCN(c2nc3sccn3c2[N+](=O)[O-])C1. The van der Waals surface area contributed by atoms with Gasteiger partial charge in [0.1, 0.15) is 6.20 Å². The van der Waals surface area contributed by atoms with E-state index in [0.717, 1.165) is 12.8 Å². The van der Waals surface area contributed by atoms with Crippen LogP contribution in [-0.2, 0) is 4.79 Å². The summed E-state index contributed by atoms with van der Waals surface area (Å²) < 4.78 is 1.51. The Morgan fingerprint density at radius 3 is 3.04 bits per heavy atom. The van der Waals surface area contributed by atoms with Gasteiger partial charge >= 0.3 is 5.82 Å². The van der Waals surface area contributed by atoms with Gasteiger partial charge in [0, 0.05) is 30.4 Å². The molecular weight excluding hydrogens is 318 g/mol. The Balaban J connectivity index is 1.84. The number of anilines is 1. The summed E-state index contributed by atoms with van der Waals surface area (Å²) in [4.78, 5) is 29.9. The van der Waals surface area contributed by atoms with Gasteiger partial charge in [-0.05, 0) is 17.8 Å². The average Bonchev–Trinajstić information content (AvgIpc) is 3.07. The zero-order valence-electron chi connectivity index (χ0n) is 13.1. The van der Waals surface area contributed by atoms with Crippen molar-refractivity contribution in [3.05, 3.63) is 21.7 Å². The lowest BCUT2D eigenvalue weighted by atomic mass is 10.0. The van der Waals surface area contributed by atoms with Gasteiger partial charge in [-0.15, -0.1) is 0 Å². The molecule has 1 aliphatic heterocycles. The van der Waals surface area contributed by atoms with Crippen LogP contribution in [0.3, 0.4) is 0 Å². The van der Waals surface area contributed by atoms with E-state index in [2.05, 4.69) is 10.3 Å². The number of imidazole rings is 1. The highest BCUT2D eigenvalue weighted by atomic mass is 32.1. The second-order valence-electron chi connectivity index (χ2n) is 6.02. The van der Waals surface area contributed by atoms with Crippen LogP contribution in [0.25, 0.3) is 4.96 Å². The molecule has 0 aliphatic carbocycles. The van der Waals surface area contributed by atoms with Crippen LogP contribution in [-0.4, -0.2) is 39.3 Å². The molecule has 0 aromatic carbocycles. The van der Waals surface area contributed by atoms with Gasteiger partial charge in [-0.25, -0.2) is 0 Å². The molecule has 1 fully saturated rings. The zero-order valence-corrected chi connectivity index (χ0v) is 13.9. The van der Waals surface area contributed by atoms with E-state index < -0.39 is 4.92 Å². The lowest BCUT2D eigenvalue weighted by Crippen LogP contribution is -2.49. The number of hydrogen-bond acceptors (Lipinski definition) is 6. The smallest absolute Gasteiger partial charge is 0.358 e. The maximum atomic E-state index is 11.9. The molecule has 0 radical (unpaired) electrons. The third-order valence-corrected chi connectivity index (χ3v) is 4.74. The summed E-state index contributed by atoms with van der Waals surface area (Å²) in [6.45, 7) is 4.96. The Morgan fingerprint density at radius 2 is 2.35 bits per heavy atom. The highest BCUT2D eigenvalue weighted by Gasteiger charge is 2.31. The van der Waals surface area contributed by atoms with E-state index >= 15 is 0 Å². The molecule has 9 heteroatoms. The summed E-state index contributed by atoms with van der Waals surface area (Å²) in [5.74, 6) is 0.331. The van der Waals surface area contributed by atoms with Crippen molar-refractivity contribution in [2.45, 2.75) is 32.7 Å². The van der Waals surface area contributed by atoms with Crippen molar-refractivity contribution in [2.75, 3.05) is 18.0 Å². The predicted octanol–water partition coefficient (Wildman–Crippen LogP) is 2.04. The first-order chi connectivity index (χ1) is 11.0. The van der Waals surface area contributed by atoms with Crippen LogP contribution in [0.4, 0.5) is 11.6 Å². The number of piperidine rings is 1. The van der Waals surface area contributed by atoms with Crippen LogP contribution >= 0.6 is 11.3 Å². The average molecular weight is 337 g/mol. The largest absolute Gasteiger partial charge is 0.373 e. The molecule has 0 spiro atoms. The van der Waals surface area contributed by atoms with Crippen LogP contribution in [0.1, 0.15) is 26.7 Å². The van der Waals surface area contributed by atoms with E-state index in [1.807, 2.05) is 18.7 Å². The molecule has 124 valence electrons. The Kier molecular flexibility index (Phi) is 4.20. The number of aromatic nitrogens is 2. The van der Waals surface area contributed by atoms with Crippen molar-refractivity contribution in [3.8, 4) is 0 Å². The van der Waals surface area contributed by atoms with Crippen molar-refractivity contribution in [1.82, 2.24) is 14.7 Å². The van der Waals surface area contributed by atoms with Crippen molar-refractivity contribution in [3.63, 3.8) is 0 Å². The number of nitrogens with one attached hydrogen (secondary N) is 1. The molecule has 2 aromatic heterocycles. The minimum atomic E-state index is -0.391. The third kappa shape index (κ3) is 3.00. The number of hydrogen-bond donors (Lipinski definition) is 1. The van der Waals surface area contributed by atoms with E-state index in [0.29, 0.717) is 23.9 Å². The van der Waals surface area contributed by atoms with Crippen molar-refractivity contribution >= 4 is 33.8 Å². The zero-order chi connectivity index (χ0) is 16.6. The highest BCUT2D eigenvalue weighted by Crippen LogP contribution is 2.32. The summed E-state index contributed by atoms with van der Waals surface area (Å²) in [6.07, 6.45) is 3.41. The molecule has 1 N–H and O–H groups in total. The highest BCUT2D eigenvalue weighted by molar-refractivity contribution is 7.15. The quantitative estimate of drug-likeness (QED) is 0.681. The van der Waals surface area contributed by atoms with Gasteiger partial charge in [0.25, 0.3) is 4.96 Å². The maximum Gasteiger partial charge on any atom is 0.373 e. The van der Waals surface area contributed by atoms with E-state index in [4.69, 9.17) is 0 Å². The fourth-order valence-electron chi connectivity index (χ4n) is 2.80. The van der Waals surface area contributed by atoms with Crippen LogP contribution < -0.4 is 10.2 Å². The number of nitrogens with zero attached hydrogens (tertiary/aromatic N) is 4. The number of carbonyl (C=O) groups excluding carboxylic acids is 1. The fraction of sp³-hybridized carbons (Fsp3) is 0.571. The second-order valence-corrected chi connectivity index (χ2v) is 6.89. The maximum absolute atomic E-state index is 11.9. The standard InChI is InChI=1S/C14H19N5O3S/c1-9(2)12(20)15-10-4-3-5-17(8-10)11-13(19(21)22)18-6-7-23-14(18)16-11/h6-7,9-10H,3-5,8H2,1-2H3,(H,15,20)/t10-/m1/s1. The molecule has 2 aromatic rings. The molecule has 0 saturated carbocycles. The first-order valence-corrected chi connectivity index (χ1v) is 8.50. The molecular formula is C14H19N5O3S. The van der Waals surface area contributed by atoms with Crippen LogP contribution in [0.5, 0.6) is 0 Å². The molecule has 3 heterocycles. The summed E-state index contributed by atoms with van der Waals surface area (Å²) >= 11 is 1.37. The summed E-state index contributed by atoms with van der Waals surface area (Å²) in [7, 11) is 0. The fourth-order valence-corrected chi connectivity index (χ4v) is 3.50. The Morgan fingerprint density at radius 1 is 1.57 bits per heavy atom. The topological polar surface area (TPSA) is 92.8 Å². The molecule has 1 aliphatic rings. The number of thiazole rings is 1. The van der Waals surface area contributed by atoms with Crippen molar-refractivity contribution in [2.24, 2.45) is 5.92 Å². The normalized spacial score (nSPS) is 18.6. The van der Waals surface area contributed by atoms with Crippen LogP contribution in [0, 0.1) is 16.0 Å². The number of amides is 1. The Bertz CT molecular complexity index is 738. The van der Waals surface area contributed by atoms with E-state index in [1.165, 1.54) is 15.7 Å². The van der Waals surface area contributed by atoms with Gasteiger partial charge in [0.05, 0.1) is 0 Å². The molecule has 23 heavy (non-hydrogen) atoms. The molecule has 0 bridgehead atoms. The van der Waals surface area contributed by atoms with Gasteiger partial charge in [-0.2, -0.15) is 9.38 Å². The Labute approximate surface area is 137 Å². The second kappa shape index (κ2) is 6.15. The van der Waals surface area contributed by atoms with Gasteiger partial charge in [0.15, 0.2) is 0 Å². The van der Waals surface area contributed by atoms with Crippen molar-refractivity contribution in [1.29, 1.82) is 0 Å². The van der Waals surface area contributed by atoms with Gasteiger partial charge < -0.3 is 20.3 Å². The van der Waals surface area contributed by atoms with Gasteiger partial charge in [-0.3, -0.25) is 4.79 Å². The van der Waals surface area contributed by atoms with E-state index in [9.17, 15) is 14.9 Å². The predicted molar refractivity (Wildman–Crippen MR) is 87.9 cm³/mol. The van der Waals surface area contributed by atoms with Gasteiger partial charge in [-0.1, -0.05) is 25.2 Å². The molecule has 3 rings (SSSR count). The van der Waals surface area contributed by atoms with Crippen molar-refractivity contribution < 1.29 is 9.72 Å². The molecule has 1 amide bonds. The number of carbonyl (C=O) groups is 1. The molecule has 1 atom stereocenters. The summed E-state index contributed by atoms with van der Waals surface area (Å²) in [6, 6.07) is -0.00186. The molecule has 0 unspecified atom stereocenters. The first-order valence-electron chi connectivity index (χ1n) is 7.62. The molecule has 8 nitrogen and oxygen atoms in total. The minimum absolute atomic E-state index is 0.00186. The number of fused-ring (bicyclic) bond motifs is 1. The van der Waals surface area contributed by atoms with Crippen LogP contribution in [0.15, 0.2) is 11.6 Å². The number of rotatable bonds is 4. The summed E-state index contributed by atoms with van der Waals surface area (Å²) in [5.41, 5.74) is 0. The lowest BCUT2D eigenvalue weighted by molar-refractivity contribution is -0.389. The van der Waals surface area contributed by atoms with E-state index in [-0.39, 0.29) is 23.7 Å². The Hall–Kier alpha value is -2.16. The third-order valence-electron chi connectivity index (χ3n) is 3.98. The first kappa shape index (κ1) is 15.7. The lowest BCUT2D eigenvalue weighted by Gasteiger charge is -2.33. The summed E-state index contributed by atoms with van der Waals surface area (Å²) in [5, 5.41) is 16.2.